The van der Waals surface area contributed by atoms with Crippen LogP contribution in [0.5, 0.6) is 5.75 Å². The van der Waals surface area contributed by atoms with Gasteiger partial charge in [-0.05, 0) is 61.2 Å². The first-order chi connectivity index (χ1) is 17.2. The summed E-state index contributed by atoms with van der Waals surface area (Å²) >= 11 is 0. The van der Waals surface area contributed by atoms with Crippen molar-refractivity contribution in [1.82, 2.24) is 5.32 Å². The number of benzene rings is 3. The van der Waals surface area contributed by atoms with Crippen LogP contribution in [0.2, 0.25) is 0 Å². The van der Waals surface area contributed by atoms with Crippen molar-refractivity contribution in [2.24, 2.45) is 0 Å². The highest BCUT2D eigenvalue weighted by Gasteiger charge is 2.15. The number of hydrogen-bond donors (Lipinski definition) is 2. The molecule has 1 amide bonds. The number of rotatable bonds is 8. The molecule has 7 nitrogen and oxygen atoms in total. The lowest BCUT2D eigenvalue weighted by Crippen LogP contribution is -2.32. The van der Waals surface area contributed by atoms with E-state index in [4.69, 9.17) is 19.3 Å². The van der Waals surface area contributed by atoms with Gasteiger partial charge in [-0.15, -0.1) is 0 Å². The van der Waals surface area contributed by atoms with E-state index < -0.39 is 11.7 Å². The van der Waals surface area contributed by atoms with Gasteiger partial charge in [0.15, 0.2) is 0 Å². The number of carbonyl (C=O) groups is 2. The number of methoxy groups -OCH3 is 1. The third-order valence-electron chi connectivity index (χ3n) is 4.95. The minimum Gasteiger partial charge on any atom is -0.489 e. The quantitative estimate of drug-likeness (QED) is 0.415. The van der Waals surface area contributed by atoms with Crippen molar-refractivity contribution in [3.8, 4) is 16.9 Å². The first-order valence-electron chi connectivity index (χ1n) is 11.6. The molecule has 0 aliphatic heterocycles. The zero-order chi connectivity index (χ0) is 26.6. The minimum absolute atomic E-state index is 0.164. The number of esters is 1. The third-order valence-corrected chi connectivity index (χ3v) is 4.95. The van der Waals surface area contributed by atoms with E-state index in [1.165, 1.54) is 7.11 Å². The summed E-state index contributed by atoms with van der Waals surface area (Å²) < 4.78 is 16.1. The lowest BCUT2D eigenvalue weighted by Gasteiger charge is -2.19. The number of aliphatic hydroxyl groups excluding tert-OH is 1. The van der Waals surface area contributed by atoms with Crippen LogP contribution in [0.25, 0.3) is 11.1 Å². The van der Waals surface area contributed by atoms with Gasteiger partial charge in [0.2, 0.25) is 0 Å². The molecule has 0 saturated carbocycles. The summed E-state index contributed by atoms with van der Waals surface area (Å²) in [6.45, 7) is 6.25. The summed E-state index contributed by atoms with van der Waals surface area (Å²) in [4.78, 5) is 23.6. The summed E-state index contributed by atoms with van der Waals surface area (Å²) in [5.41, 5.74) is 4.31. The van der Waals surface area contributed by atoms with Crippen LogP contribution in [0.3, 0.4) is 0 Å². The molecule has 0 heterocycles. The first kappa shape index (κ1) is 28.4. The summed E-state index contributed by atoms with van der Waals surface area (Å²) in [5, 5.41) is 9.79. The van der Waals surface area contributed by atoms with Crippen molar-refractivity contribution in [2.45, 2.75) is 45.9 Å². The Labute approximate surface area is 213 Å². The van der Waals surface area contributed by atoms with Crippen LogP contribution in [0.1, 0.15) is 37.5 Å². The molecule has 0 bridgehead atoms. The molecule has 36 heavy (non-hydrogen) atoms. The van der Waals surface area contributed by atoms with E-state index in [1.54, 1.807) is 0 Å². The molecule has 0 saturated heterocycles. The lowest BCUT2D eigenvalue weighted by molar-refractivity contribution is -0.139. The molecule has 0 aromatic heterocycles. The Morgan fingerprint density at radius 3 is 2.11 bits per heavy atom. The summed E-state index contributed by atoms with van der Waals surface area (Å²) in [6, 6.07) is 23.6. The van der Waals surface area contributed by atoms with E-state index in [-0.39, 0.29) is 12.4 Å². The number of hydrogen-bond acceptors (Lipinski definition) is 6. The topological polar surface area (TPSA) is 94.1 Å². The van der Waals surface area contributed by atoms with E-state index in [1.807, 2.05) is 87.5 Å². The zero-order valence-electron chi connectivity index (χ0n) is 21.5. The van der Waals surface area contributed by atoms with E-state index in [9.17, 15) is 9.59 Å². The van der Waals surface area contributed by atoms with Crippen LogP contribution in [0.4, 0.5) is 4.79 Å². The minimum atomic E-state index is -0.533. The number of alkyl carbamates (subject to hydrolysis) is 1. The maximum atomic E-state index is 11.9. The third kappa shape index (κ3) is 9.43. The maximum absolute atomic E-state index is 11.9. The van der Waals surface area contributed by atoms with E-state index in [0.29, 0.717) is 18.9 Å². The average molecular weight is 494 g/mol. The van der Waals surface area contributed by atoms with Crippen molar-refractivity contribution < 1.29 is 28.9 Å². The van der Waals surface area contributed by atoms with Crippen LogP contribution in [-0.4, -0.2) is 37.0 Å². The average Bonchev–Trinajstić information content (AvgIpc) is 2.87. The van der Waals surface area contributed by atoms with Crippen LogP contribution in [0, 0.1) is 0 Å². The smallest absolute Gasteiger partial charge is 0.407 e. The van der Waals surface area contributed by atoms with Gasteiger partial charge in [-0.2, -0.15) is 0 Å². The van der Waals surface area contributed by atoms with Crippen molar-refractivity contribution in [1.29, 1.82) is 0 Å². The molecule has 2 N–H and O–H groups in total. The molecule has 0 radical (unpaired) electrons. The van der Waals surface area contributed by atoms with Gasteiger partial charge < -0.3 is 24.6 Å². The number of para-hydroxylation sites is 1. The Hall–Kier alpha value is -3.84. The number of nitrogens with one attached hydrogen (secondary N) is 1. The first-order valence-corrected chi connectivity index (χ1v) is 11.6. The van der Waals surface area contributed by atoms with Crippen molar-refractivity contribution in [3.05, 3.63) is 89.5 Å². The Bertz CT molecular complexity index is 1140. The van der Waals surface area contributed by atoms with Crippen LogP contribution in [0.15, 0.2) is 72.8 Å². The molecule has 0 fully saturated rings. The van der Waals surface area contributed by atoms with E-state index in [0.717, 1.165) is 34.9 Å². The number of amides is 1. The molecule has 0 aliphatic carbocycles. The highest BCUT2D eigenvalue weighted by molar-refractivity contribution is 5.73. The second-order valence-corrected chi connectivity index (χ2v) is 8.91. The molecule has 3 aromatic rings. The van der Waals surface area contributed by atoms with Gasteiger partial charge in [-0.3, -0.25) is 4.79 Å². The lowest BCUT2D eigenvalue weighted by atomic mass is 10.0. The van der Waals surface area contributed by atoms with Gasteiger partial charge in [0.25, 0.3) is 0 Å². The monoisotopic (exact) mass is 493 g/mol. The largest absolute Gasteiger partial charge is 0.489 e. The number of ether oxygens (including phenoxy) is 3. The Kier molecular flexibility index (Phi) is 11.0. The van der Waals surface area contributed by atoms with Crippen LogP contribution < -0.4 is 10.1 Å². The summed E-state index contributed by atoms with van der Waals surface area (Å²) in [7, 11) is 2.37. The van der Waals surface area contributed by atoms with Gasteiger partial charge in [0.05, 0.1) is 13.5 Å². The summed E-state index contributed by atoms with van der Waals surface area (Å²) in [6.07, 6.45) is -0.277. The number of carbonyl (C=O) groups excluding carboxylic acids is 2. The van der Waals surface area contributed by atoms with Crippen molar-refractivity contribution >= 4 is 12.1 Å². The highest BCUT2D eigenvalue weighted by Crippen LogP contribution is 2.24. The Morgan fingerprint density at radius 1 is 0.861 bits per heavy atom. The molecular formula is C29H35NO6. The molecule has 3 aromatic carbocycles. The zero-order valence-corrected chi connectivity index (χ0v) is 21.5. The normalized spacial score (nSPS) is 10.5. The predicted octanol–water partition coefficient (Wildman–Crippen LogP) is 5.28. The Morgan fingerprint density at radius 2 is 1.47 bits per heavy atom. The van der Waals surface area contributed by atoms with E-state index >= 15 is 0 Å². The Balaban J connectivity index is 0.00000222. The fraction of sp³-hybridized carbons (Fsp3) is 0.310. The second kappa shape index (κ2) is 13.9. The van der Waals surface area contributed by atoms with Gasteiger partial charge in [-0.25, -0.2) is 4.79 Å². The highest BCUT2D eigenvalue weighted by atomic mass is 16.6. The van der Waals surface area contributed by atoms with Crippen LogP contribution in [-0.2, 0) is 33.8 Å². The fourth-order valence-electron chi connectivity index (χ4n) is 3.37. The standard InChI is InChI=1S/C28H31NO5.CH4O/c1-28(2,3)34-27(31)29-18-20-9-7-12-22(15-20)23-13-8-10-21(16-23)19-33-25-14-6-5-11-24(25)17-26(30)32-4;1-2/h5-16H,17-19H2,1-4H3,(H,29,31);2H,1H3. The van der Waals surface area contributed by atoms with Crippen molar-refractivity contribution in [3.63, 3.8) is 0 Å². The van der Waals surface area contributed by atoms with Gasteiger partial charge in [0.1, 0.15) is 18.0 Å². The van der Waals surface area contributed by atoms with Crippen LogP contribution >= 0.6 is 0 Å². The van der Waals surface area contributed by atoms with Crippen molar-refractivity contribution in [2.75, 3.05) is 14.2 Å². The predicted molar refractivity (Wildman–Crippen MR) is 140 cm³/mol. The molecular weight excluding hydrogens is 458 g/mol. The molecule has 0 aliphatic rings. The molecule has 7 heteroatoms. The summed E-state index contributed by atoms with van der Waals surface area (Å²) in [5.74, 6) is 0.354. The molecule has 192 valence electrons. The van der Waals surface area contributed by atoms with Gasteiger partial charge in [-0.1, -0.05) is 54.6 Å². The van der Waals surface area contributed by atoms with Gasteiger partial charge in [0, 0.05) is 19.2 Å². The molecule has 0 unspecified atom stereocenters. The van der Waals surface area contributed by atoms with E-state index in [2.05, 4.69) is 11.4 Å². The van der Waals surface area contributed by atoms with Gasteiger partial charge >= 0.3 is 12.1 Å². The SMILES string of the molecule is CO.COC(=O)Cc1ccccc1OCc1cccc(-c2cccc(CNC(=O)OC(C)(C)C)c2)c1. The maximum Gasteiger partial charge on any atom is 0.407 e. The fourth-order valence-corrected chi connectivity index (χ4v) is 3.37. The molecule has 0 atom stereocenters. The molecule has 3 rings (SSSR count). The second-order valence-electron chi connectivity index (χ2n) is 8.91. The number of aliphatic hydroxyl groups is 1. The molecule has 0 spiro atoms.